The number of benzene rings is 1. The van der Waals surface area contributed by atoms with E-state index >= 15 is 0 Å². The van der Waals surface area contributed by atoms with E-state index in [-0.39, 0.29) is 5.56 Å². The first-order valence-electron chi connectivity index (χ1n) is 8.39. The number of anilines is 1. The predicted molar refractivity (Wildman–Crippen MR) is 92.8 cm³/mol. The Morgan fingerprint density at radius 1 is 1.21 bits per heavy atom. The molecule has 0 spiro atoms. The maximum atomic E-state index is 12.5. The van der Waals surface area contributed by atoms with E-state index < -0.39 is 0 Å². The summed E-state index contributed by atoms with van der Waals surface area (Å²) in [5.41, 5.74) is 0.793. The van der Waals surface area contributed by atoms with Gasteiger partial charge in [-0.2, -0.15) is 0 Å². The summed E-state index contributed by atoms with van der Waals surface area (Å²) >= 11 is 0. The first kappa shape index (κ1) is 16.5. The summed E-state index contributed by atoms with van der Waals surface area (Å²) in [6.45, 7) is 5.72. The molecule has 1 aliphatic rings. The molecule has 1 fully saturated rings. The molecule has 6 heteroatoms. The highest BCUT2D eigenvalue weighted by Crippen LogP contribution is 2.13. The van der Waals surface area contributed by atoms with Crippen LogP contribution < -0.4 is 15.2 Å². The minimum atomic E-state index is -0.0278. The van der Waals surface area contributed by atoms with E-state index in [2.05, 4.69) is 9.88 Å². The number of para-hydroxylation sites is 1. The van der Waals surface area contributed by atoms with Gasteiger partial charge in [0.1, 0.15) is 12.4 Å². The minimum absolute atomic E-state index is 0.0278. The molecule has 128 valence electrons. The monoisotopic (exact) mass is 329 g/mol. The molecule has 6 nitrogen and oxygen atoms in total. The van der Waals surface area contributed by atoms with Crippen LogP contribution in [0.4, 0.5) is 5.95 Å². The van der Waals surface area contributed by atoms with Gasteiger partial charge in [0.2, 0.25) is 5.95 Å². The standard InChI is InChI=1S/C18H23N3O3/c1-2-15-14-17(22)21(10-13-24-16-6-4-3-5-7-16)18(19-15)20-8-11-23-12-9-20/h3-7,14H,2,8-13H2,1H3. The molecule has 0 amide bonds. The van der Waals surface area contributed by atoms with Gasteiger partial charge in [0, 0.05) is 24.8 Å². The zero-order valence-corrected chi connectivity index (χ0v) is 14.0. The summed E-state index contributed by atoms with van der Waals surface area (Å²) in [5.74, 6) is 1.52. The van der Waals surface area contributed by atoms with Crippen LogP contribution >= 0.6 is 0 Å². The van der Waals surface area contributed by atoms with E-state index in [0.29, 0.717) is 26.4 Å². The van der Waals surface area contributed by atoms with Gasteiger partial charge in [-0.1, -0.05) is 25.1 Å². The Kier molecular flexibility index (Phi) is 5.48. The van der Waals surface area contributed by atoms with Crippen molar-refractivity contribution in [1.29, 1.82) is 0 Å². The summed E-state index contributed by atoms with van der Waals surface area (Å²) in [6.07, 6.45) is 0.744. The van der Waals surface area contributed by atoms with E-state index in [1.807, 2.05) is 37.3 Å². The van der Waals surface area contributed by atoms with Crippen molar-refractivity contribution in [3.8, 4) is 5.75 Å². The van der Waals surface area contributed by atoms with E-state index in [1.165, 1.54) is 0 Å². The fourth-order valence-electron chi connectivity index (χ4n) is 2.71. The molecule has 0 N–H and O–H groups in total. The number of aromatic nitrogens is 2. The molecule has 0 unspecified atom stereocenters. The van der Waals surface area contributed by atoms with E-state index in [0.717, 1.165) is 36.9 Å². The largest absolute Gasteiger partial charge is 0.492 e. The first-order chi connectivity index (χ1) is 11.8. The third-order valence-corrected chi connectivity index (χ3v) is 4.02. The second kappa shape index (κ2) is 7.97. The Morgan fingerprint density at radius 2 is 1.96 bits per heavy atom. The summed E-state index contributed by atoms with van der Waals surface area (Å²) in [5, 5.41) is 0. The van der Waals surface area contributed by atoms with Crippen LogP contribution in [0.2, 0.25) is 0 Å². The lowest BCUT2D eigenvalue weighted by Gasteiger charge is -2.30. The van der Waals surface area contributed by atoms with Crippen LogP contribution in [0.3, 0.4) is 0 Å². The third-order valence-electron chi connectivity index (χ3n) is 4.02. The average molecular weight is 329 g/mol. The Morgan fingerprint density at radius 3 is 2.67 bits per heavy atom. The molecular weight excluding hydrogens is 306 g/mol. The van der Waals surface area contributed by atoms with E-state index in [4.69, 9.17) is 9.47 Å². The van der Waals surface area contributed by atoms with Crippen LogP contribution in [0.5, 0.6) is 5.75 Å². The van der Waals surface area contributed by atoms with Gasteiger partial charge in [0.25, 0.3) is 5.56 Å². The fraction of sp³-hybridized carbons (Fsp3) is 0.444. The van der Waals surface area contributed by atoms with Crippen molar-refractivity contribution in [2.45, 2.75) is 19.9 Å². The molecule has 1 aliphatic heterocycles. The summed E-state index contributed by atoms with van der Waals surface area (Å²) < 4.78 is 12.8. The maximum absolute atomic E-state index is 12.5. The van der Waals surface area contributed by atoms with Crippen LogP contribution in [0.15, 0.2) is 41.2 Å². The van der Waals surface area contributed by atoms with Crippen LogP contribution in [-0.2, 0) is 17.7 Å². The molecule has 0 bridgehead atoms. The van der Waals surface area contributed by atoms with Crippen molar-refractivity contribution in [3.05, 3.63) is 52.4 Å². The molecular formula is C18H23N3O3. The van der Waals surface area contributed by atoms with Crippen molar-refractivity contribution in [3.63, 3.8) is 0 Å². The number of rotatable bonds is 6. The van der Waals surface area contributed by atoms with Gasteiger partial charge in [-0.15, -0.1) is 0 Å². The summed E-state index contributed by atoms with van der Waals surface area (Å²) in [7, 11) is 0. The number of hydrogen-bond donors (Lipinski definition) is 0. The number of morpholine rings is 1. The number of aryl methyl sites for hydroxylation is 1. The number of nitrogens with zero attached hydrogens (tertiary/aromatic N) is 3. The molecule has 2 aromatic rings. The van der Waals surface area contributed by atoms with Gasteiger partial charge in [-0.3, -0.25) is 9.36 Å². The quantitative estimate of drug-likeness (QED) is 0.808. The second-order valence-electron chi connectivity index (χ2n) is 5.65. The average Bonchev–Trinajstić information content (AvgIpc) is 2.64. The van der Waals surface area contributed by atoms with Gasteiger partial charge in [0.05, 0.1) is 19.8 Å². The molecule has 0 radical (unpaired) electrons. The molecule has 1 aromatic carbocycles. The van der Waals surface area contributed by atoms with Crippen LogP contribution in [-0.4, -0.2) is 42.5 Å². The molecule has 0 aliphatic carbocycles. The van der Waals surface area contributed by atoms with Gasteiger partial charge >= 0.3 is 0 Å². The zero-order valence-electron chi connectivity index (χ0n) is 14.0. The third kappa shape index (κ3) is 3.94. The lowest BCUT2D eigenvalue weighted by atomic mass is 10.3. The Bertz CT molecular complexity index is 709. The molecule has 1 aromatic heterocycles. The number of ether oxygens (including phenoxy) is 2. The van der Waals surface area contributed by atoms with Gasteiger partial charge in [-0.25, -0.2) is 4.98 Å². The smallest absolute Gasteiger partial charge is 0.255 e. The summed E-state index contributed by atoms with van der Waals surface area (Å²) in [6, 6.07) is 11.2. The van der Waals surface area contributed by atoms with Crippen molar-refractivity contribution in [2.24, 2.45) is 0 Å². The number of hydrogen-bond acceptors (Lipinski definition) is 5. The van der Waals surface area contributed by atoms with Crippen LogP contribution in [0.25, 0.3) is 0 Å². The highest BCUT2D eigenvalue weighted by atomic mass is 16.5. The zero-order chi connectivity index (χ0) is 16.8. The topological polar surface area (TPSA) is 56.6 Å². The SMILES string of the molecule is CCc1cc(=O)n(CCOc2ccccc2)c(N2CCOCC2)n1. The fourth-order valence-corrected chi connectivity index (χ4v) is 2.71. The minimum Gasteiger partial charge on any atom is -0.492 e. The van der Waals surface area contributed by atoms with Crippen molar-refractivity contribution >= 4 is 5.95 Å². The highest BCUT2D eigenvalue weighted by Gasteiger charge is 2.18. The Hall–Kier alpha value is -2.34. The maximum Gasteiger partial charge on any atom is 0.255 e. The normalized spacial score (nSPS) is 14.6. The Balaban J connectivity index is 1.78. The lowest BCUT2D eigenvalue weighted by Crippen LogP contribution is -2.41. The first-order valence-corrected chi connectivity index (χ1v) is 8.39. The van der Waals surface area contributed by atoms with Crippen LogP contribution in [0, 0.1) is 0 Å². The van der Waals surface area contributed by atoms with Gasteiger partial charge in [-0.05, 0) is 18.6 Å². The molecule has 3 rings (SSSR count). The van der Waals surface area contributed by atoms with Crippen molar-refractivity contribution < 1.29 is 9.47 Å². The summed E-state index contributed by atoms with van der Waals surface area (Å²) in [4.78, 5) is 19.3. The highest BCUT2D eigenvalue weighted by molar-refractivity contribution is 5.33. The van der Waals surface area contributed by atoms with E-state index in [9.17, 15) is 4.79 Å². The van der Waals surface area contributed by atoms with E-state index in [1.54, 1.807) is 10.6 Å². The Labute approximate surface area is 141 Å². The second-order valence-corrected chi connectivity index (χ2v) is 5.65. The lowest BCUT2D eigenvalue weighted by molar-refractivity contribution is 0.121. The molecule has 24 heavy (non-hydrogen) atoms. The van der Waals surface area contributed by atoms with Crippen molar-refractivity contribution in [2.75, 3.05) is 37.8 Å². The van der Waals surface area contributed by atoms with Gasteiger partial charge in [0.15, 0.2) is 0 Å². The molecule has 1 saturated heterocycles. The molecule has 2 heterocycles. The van der Waals surface area contributed by atoms with Gasteiger partial charge < -0.3 is 14.4 Å². The van der Waals surface area contributed by atoms with Crippen molar-refractivity contribution in [1.82, 2.24) is 9.55 Å². The molecule has 0 atom stereocenters. The predicted octanol–water partition coefficient (Wildman–Crippen LogP) is 1.72. The molecule has 0 saturated carbocycles. The van der Waals surface area contributed by atoms with Crippen LogP contribution in [0.1, 0.15) is 12.6 Å².